The molecule has 55 heavy (non-hydrogen) atoms. The Morgan fingerprint density at radius 3 is 1.56 bits per heavy atom. The second-order valence-electron chi connectivity index (χ2n) is 18.0. The number of benzene rings is 7. The molecule has 7 aromatic rings. The molecule has 272 valence electrons. The van der Waals surface area contributed by atoms with Crippen molar-refractivity contribution in [1.29, 1.82) is 0 Å². The zero-order valence-corrected chi connectivity index (χ0v) is 33.1. The Morgan fingerprint density at radius 2 is 0.927 bits per heavy atom. The number of rotatable bonds is 4. The van der Waals surface area contributed by atoms with E-state index in [1.807, 2.05) is 0 Å². The molecule has 0 aromatic heterocycles. The Morgan fingerprint density at radius 1 is 0.455 bits per heavy atom. The molecule has 0 amide bonds. The number of fused-ring (bicyclic) bond motifs is 8. The Kier molecular flexibility index (Phi) is 7.53. The van der Waals surface area contributed by atoms with Crippen molar-refractivity contribution in [3.8, 4) is 11.1 Å². The summed E-state index contributed by atoms with van der Waals surface area (Å²) in [6.07, 6.45) is 9.09. The molecule has 0 unspecified atom stereocenters. The van der Waals surface area contributed by atoms with Crippen LogP contribution in [0.3, 0.4) is 0 Å². The molecule has 7 aromatic carbocycles. The van der Waals surface area contributed by atoms with Gasteiger partial charge in [-0.3, -0.25) is 0 Å². The Labute approximate surface area is 326 Å². The van der Waals surface area contributed by atoms with Crippen molar-refractivity contribution in [3.63, 3.8) is 0 Å². The summed E-state index contributed by atoms with van der Waals surface area (Å²) in [5, 5.41) is 5.15. The maximum absolute atomic E-state index is 2.58. The fourth-order valence-corrected chi connectivity index (χ4v) is 10.1. The van der Waals surface area contributed by atoms with Gasteiger partial charge in [-0.15, -0.1) is 0 Å². The number of anilines is 4. The average Bonchev–Trinajstić information content (AvgIpc) is 3.40. The molecule has 3 aliphatic rings. The molecular formula is C53H50N2. The summed E-state index contributed by atoms with van der Waals surface area (Å²) in [5.74, 6) is 0. The molecule has 2 heteroatoms. The molecule has 0 N–H and O–H groups in total. The van der Waals surface area contributed by atoms with Crippen LogP contribution in [-0.2, 0) is 18.3 Å². The first-order valence-electron chi connectivity index (χ1n) is 20.2. The summed E-state index contributed by atoms with van der Waals surface area (Å²) in [7, 11) is 0. The fraction of sp³-hybridized carbons (Fsp3) is 0.245. The van der Waals surface area contributed by atoms with Gasteiger partial charge in [0.15, 0.2) is 0 Å². The molecular weight excluding hydrogens is 665 g/mol. The summed E-state index contributed by atoms with van der Waals surface area (Å²) in [6, 6.07) is 50.6. The molecule has 0 fully saturated rings. The highest BCUT2D eigenvalue weighted by Gasteiger charge is 2.39. The fourth-order valence-electron chi connectivity index (χ4n) is 10.1. The molecule has 2 aliphatic heterocycles. The summed E-state index contributed by atoms with van der Waals surface area (Å²) >= 11 is 0. The van der Waals surface area contributed by atoms with Crippen LogP contribution in [-0.4, -0.2) is 11.1 Å². The standard InChI is InChI=1S/C53H50N2/c1-51(2)29-27-37-11-7-9-13-49(37)54(51)41-21-25-44-40(33-41)20-19-39-31-35(17-23-43(39)44)15-16-36-18-24-45-46-26-22-42(34-48(46)53(5,6)47(45)32-36)55-50-14-10-8-12-38(50)28-30-52(55,3)4/h7-26,31-34H,27-30H2,1-6H3/b16-15+. The van der Waals surface area contributed by atoms with Crippen molar-refractivity contribution in [2.75, 3.05) is 9.80 Å². The van der Waals surface area contributed by atoms with Gasteiger partial charge in [-0.05, 0) is 162 Å². The van der Waals surface area contributed by atoms with Gasteiger partial charge in [0, 0.05) is 39.2 Å². The molecule has 0 atom stereocenters. The molecule has 0 saturated carbocycles. The largest absolute Gasteiger partial charge is 0.336 e. The van der Waals surface area contributed by atoms with Gasteiger partial charge in [0.25, 0.3) is 0 Å². The SMILES string of the molecule is CC1(C)c2cc(/C=C/c3ccc4c(ccc5cc(N6c7ccccc7CCC6(C)C)ccc54)c3)ccc2-c2ccc(N3c4ccccc4CCC3(C)C)cc21. The van der Waals surface area contributed by atoms with Crippen LogP contribution in [0.15, 0.2) is 133 Å². The highest BCUT2D eigenvalue weighted by Crippen LogP contribution is 2.52. The van der Waals surface area contributed by atoms with E-state index in [4.69, 9.17) is 0 Å². The van der Waals surface area contributed by atoms with Crippen molar-refractivity contribution >= 4 is 56.4 Å². The summed E-state index contributed by atoms with van der Waals surface area (Å²) < 4.78 is 0. The lowest BCUT2D eigenvalue weighted by atomic mass is 9.81. The van der Waals surface area contributed by atoms with E-state index in [2.05, 4.69) is 197 Å². The third kappa shape index (κ3) is 5.44. The molecule has 0 radical (unpaired) electrons. The smallest absolute Gasteiger partial charge is 0.0448 e. The van der Waals surface area contributed by atoms with Gasteiger partial charge in [0.1, 0.15) is 0 Å². The van der Waals surface area contributed by atoms with Crippen LogP contribution in [0, 0.1) is 0 Å². The van der Waals surface area contributed by atoms with Gasteiger partial charge in [-0.25, -0.2) is 0 Å². The lowest BCUT2D eigenvalue weighted by Crippen LogP contribution is -2.44. The minimum atomic E-state index is -0.0962. The monoisotopic (exact) mass is 714 g/mol. The molecule has 10 rings (SSSR count). The van der Waals surface area contributed by atoms with E-state index in [9.17, 15) is 0 Å². The summed E-state index contributed by atoms with van der Waals surface area (Å²) in [5.41, 5.74) is 16.1. The van der Waals surface area contributed by atoms with Gasteiger partial charge < -0.3 is 9.80 Å². The van der Waals surface area contributed by atoms with E-state index >= 15 is 0 Å². The van der Waals surface area contributed by atoms with Crippen LogP contribution in [0.2, 0.25) is 0 Å². The maximum atomic E-state index is 2.58. The number of hydrogen-bond acceptors (Lipinski definition) is 2. The van der Waals surface area contributed by atoms with Gasteiger partial charge in [0.05, 0.1) is 0 Å². The first-order valence-corrected chi connectivity index (χ1v) is 20.2. The van der Waals surface area contributed by atoms with Crippen molar-refractivity contribution in [3.05, 3.63) is 167 Å². The minimum absolute atomic E-state index is 0.0490. The van der Waals surface area contributed by atoms with Crippen molar-refractivity contribution < 1.29 is 0 Å². The van der Waals surface area contributed by atoms with Crippen molar-refractivity contribution in [1.82, 2.24) is 0 Å². The van der Waals surface area contributed by atoms with E-state index in [1.165, 1.54) is 88.8 Å². The highest BCUT2D eigenvalue weighted by molar-refractivity contribution is 6.09. The predicted octanol–water partition coefficient (Wildman–Crippen LogP) is 14.2. The van der Waals surface area contributed by atoms with E-state index in [-0.39, 0.29) is 16.5 Å². The second-order valence-corrected chi connectivity index (χ2v) is 18.0. The van der Waals surface area contributed by atoms with Gasteiger partial charge in [-0.2, -0.15) is 0 Å². The lowest BCUT2D eigenvalue weighted by Gasteiger charge is -2.45. The first kappa shape index (κ1) is 33.9. The number of hydrogen-bond donors (Lipinski definition) is 0. The molecule has 0 saturated heterocycles. The van der Waals surface area contributed by atoms with Crippen molar-refractivity contribution in [2.45, 2.75) is 83.7 Å². The Hall–Kier alpha value is -5.60. The first-order chi connectivity index (χ1) is 26.5. The summed E-state index contributed by atoms with van der Waals surface area (Å²) in [6.45, 7) is 14.3. The zero-order valence-electron chi connectivity index (χ0n) is 33.1. The molecule has 1 aliphatic carbocycles. The quantitative estimate of drug-likeness (QED) is 0.132. The topological polar surface area (TPSA) is 6.48 Å². The number of aryl methyl sites for hydroxylation is 2. The number of nitrogens with zero attached hydrogens (tertiary/aromatic N) is 2. The van der Waals surface area contributed by atoms with Crippen LogP contribution in [0.1, 0.15) is 87.8 Å². The van der Waals surface area contributed by atoms with Crippen LogP contribution >= 0.6 is 0 Å². The van der Waals surface area contributed by atoms with Crippen LogP contribution in [0.4, 0.5) is 22.7 Å². The molecule has 0 spiro atoms. The van der Waals surface area contributed by atoms with Gasteiger partial charge in [0.2, 0.25) is 0 Å². The lowest BCUT2D eigenvalue weighted by molar-refractivity contribution is 0.447. The molecule has 2 heterocycles. The Bertz CT molecular complexity index is 2710. The van der Waals surface area contributed by atoms with E-state index in [0.717, 1.165) is 25.7 Å². The van der Waals surface area contributed by atoms with E-state index < -0.39 is 0 Å². The maximum Gasteiger partial charge on any atom is 0.0448 e. The van der Waals surface area contributed by atoms with Crippen LogP contribution < -0.4 is 9.80 Å². The van der Waals surface area contributed by atoms with Crippen LogP contribution in [0.25, 0.3) is 44.8 Å². The van der Waals surface area contributed by atoms with Crippen LogP contribution in [0.5, 0.6) is 0 Å². The van der Waals surface area contributed by atoms with Gasteiger partial charge in [-0.1, -0.05) is 117 Å². The van der Waals surface area contributed by atoms with Crippen molar-refractivity contribution in [2.24, 2.45) is 0 Å². The second kappa shape index (κ2) is 12.2. The number of para-hydroxylation sites is 2. The third-order valence-corrected chi connectivity index (χ3v) is 13.2. The predicted molar refractivity (Wildman–Crippen MR) is 236 cm³/mol. The molecule has 2 nitrogen and oxygen atoms in total. The van der Waals surface area contributed by atoms with E-state index in [1.54, 1.807) is 0 Å². The molecule has 0 bridgehead atoms. The highest BCUT2D eigenvalue weighted by atomic mass is 15.2. The Balaban J connectivity index is 0.933. The van der Waals surface area contributed by atoms with Gasteiger partial charge >= 0.3 is 0 Å². The summed E-state index contributed by atoms with van der Waals surface area (Å²) in [4.78, 5) is 5.13. The third-order valence-electron chi connectivity index (χ3n) is 13.2. The zero-order chi connectivity index (χ0) is 37.7. The van der Waals surface area contributed by atoms with E-state index in [0.29, 0.717) is 0 Å². The minimum Gasteiger partial charge on any atom is -0.336 e. The average molecular weight is 715 g/mol. The normalized spacial score (nSPS) is 17.6.